The van der Waals surface area contributed by atoms with Gasteiger partial charge in [0.15, 0.2) is 5.82 Å². The summed E-state index contributed by atoms with van der Waals surface area (Å²) in [6.07, 6.45) is 1.44. The minimum atomic E-state index is -4.33. The van der Waals surface area contributed by atoms with Crippen molar-refractivity contribution in [3.63, 3.8) is 0 Å². The fourth-order valence-corrected chi connectivity index (χ4v) is 5.85. The molecule has 1 N–H and O–H groups in total. The molecule has 0 bridgehead atoms. The van der Waals surface area contributed by atoms with Crippen molar-refractivity contribution in [1.29, 1.82) is 0 Å². The standard InChI is InChI=1S/C31H34F3N7O/c1-21-17-36-26(18-35-21)20-39-10-8-23(9-11-39)24-4-7-27-28(16-24)38-29(37-27)30(42)41-14-12-40(13-15-41)19-22-2-5-25(6-3-22)31(32,33)34/h2-7,16-18,23H,8-15,19-20H2,1H3,(H,37,38). The second-order valence-electron chi connectivity index (χ2n) is 11.3. The van der Waals surface area contributed by atoms with E-state index in [9.17, 15) is 18.0 Å². The number of hydrogen-bond donors (Lipinski definition) is 1. The summed E-state index contributed by atoms with van der Waals surface area (Å²) in [5, 5.41) is 0. The molecule has 2 aliphatic heterocycles. The molecule has 0 radical (unpaired) electrons. The van der Waals surface area contributed by atoms with E-state index in [1.807, 2.05) is 25.4 Å². The van der Waals surface area contributed by atoms with Gasteiger partial charge in [0.25, 0.3) is 5.91 Å². The van der Waals surface area contributed by atoms with Gasteiger partial charge < -0.3 is 9.88 Å². The van der Waals surface area contributed by atoms with Crippen LogP contribution in [0.4, 0.5) is 13.2 Å². The summed E-state index contributed by atoms with van der Waals surface area (Å²) in [7, 11) is 0. The van der Waals surface area contributed by atoms with Gasteiger partial charge in [0.1, 0.15) is 0 Å². The number of benzene rings is 2. The maximum absolute atomic E-state index is 13.2. The van der Waals surface area contributed by atoms with Crippen molar-refractivity contribution in [2.45, 2.75) is 44.9 Å². The highest BCUT2D eigenvalue weighted by Gasteiger charge is 2.30. The molecule has 2 aliphatic rings. The molecule has 2 aromatic heterocycles. The Hall–Kier alpha value is -3.83. The molecule has 2 aromatic carbocycles. The van der Waals surface area contributed by atoms with Gasteiger partial charge in [-0.2, -0.15) is 13.2 Å². The molecular weight excluding hydrogens is 543 g/mol. The van der Waals surface area contributed by atoms with E-state index in [4.69, 9.17) is 0 Å². The first-order valence-electron chi connectivity index (χ1n) is 14.4. The second kappa shape index (κ2) is 11.8. The third kappa shape index (κ3) is 6.47. The summed E-state index contributed by atoms with van der Waals surface area (Å²) in [6, 6.07) is 11.5. The van der Waals surface area contributed by atoms with E-state index < -0.39 is 11.7 Å². The van der Waals surface area contributed by atoms with E-state index in [2.05, 4.69) is 41.9 Å². The number of halogens is 3. The van der Waals surface area contributed by atoms with E-state index >= 15 is 0 Å². The normalized spacial score (nSPS) is 17.7. The first kappa shape index (κ1) is 28.3. The van der Waals surface area contributed by atoms with Gasteiger partial charge in [-0.05, 0) is 74.2 Å². The van der Waals surface area contributed by atoms with Gasteiger partial charge >= 0.3 is 6.18 Å². The Labute approximate surface area is 242 Å². The van der Waals surface area contributed by atoms with E-state index in [1.165, 1.54) is 17.7 Å². The molecule has 6 rings (SSSR count). The van der Waals surface area contributed by atoms with E-state index in [-0.39, 0.29) is 5.91 Å². The molecule has 42 heavy (non-hydrogen) atoms. The smallest absolute Gasteiger partial charge is 0.334 e. The molecule has 4 heterocycles. The minimum absolute atomic E-state index is 0.130. The summed E-state index contributed by atoms with van der Waals surface area (Å²) in [5.41, 5.74) is 4.99. The molecule has 4 aromatic rings. The van der Waals surface area contributed by atoms with E-state index in [1.54, 1.807) is 4.90 Å². The Morgan fingerprint density at radius 3 is 2.29 bits per heavy atom. The quantitative estimate of drug-likeness (QED) is 0.347. The van der Waals surface area contributed by atoms with Crippen LogP contribution in [0.3, 0.4) is 0 Å². The number of amides is 1. The van der Waals surface area contributed by atoms with E-state index in [0.29, 0.717) is 44.5 Å². The summed E-state index contributed by atoms with van der Waals surface area (Å²) in [4.78, 5) is 36.3. The van der Waals surface area contributed by atoms with Gasteiger partial charge in [-0.25, -0.2) is 4.98 Å². The van der Waals surface area contributed by atoms with Crippen molar-refractivity contribution in [1.82, 2.24) is 34.6 Å². The molecular formula is C31H34F3N7O. The SMILES string of the molecule is Cc1cnc(CN2CCC(c3ccc4[nH]c(C(=O)N5CCN(Cc6ccc(C(F)(F)F)cc6)CC5)nc4c3)CC2)cn1. The monoisotopic (exact) mass is 577 g/mol. The highest BCUT2D eigenvalue weighted by molar-refractivity contribution is 5.94. The lowest BCUT2D eigenvalue weighted by Gasteiger charge is -2.34. The number of hydrogen-bond acceptors (Lipinski definition) is 6. The summed E-state index contributed by atoms with van der Waals surface area (Å²) < 4.78 is 38.5. The fourth-order valence-electron chi connectivity index (χ4n) is 5.85. The number of fused-ring (bicyclic) bond motifs is 1. The number of aryl methyl sites for hydroxylation is 1. The molecule has 11 heteroatoms. The maximum atomic E-state index is 13.2. The third-order valence-corrected chi connectivity index (χ3v) is 8.34. The van der Waals surface area contributed by atoms with Gasteiger partial charge in [-0.15, -0.1) is 0 Å². The van der Waals surface area contributed by atoms with Crippen molar-refractivity contribution in [3.8, 4) is 0 Å². The first-order chi connectivity index (χ1) is 20.2. The molecule has 220 valence electrons. The molecule has 0 spiro atoms. The number of piperazine rings is 1. The van der Waals surface area contributed by atoms with Crippen LogP contribution >= 0.6 is 0 Å². The summed E-state index contributed by atoms with van der Waals surface area (Å²) >= 11 is 0. The highest BCUT2D eigenvalue weighted by Crippen LogP contribution is 2.31. The largest absolute Gasteiger partial charge is 0.416 e. The number of carbonyl (C=O) groups is 1. The zero-order valence-electron chi connectivity index (χ0n) is 23.6. The van der Waals surface area contributed by atoms with Crippen LogP contribution < -0.4 is 0 Å². The molecule has 0 aliphatic carbocycles. The molecule has 8 nitrogen and oxygen atoms in total. The maximum Gasteiger partial charge on any atom is 0.416 e. The number of nitrogens with one attached hydrogen (secondary N) is 1. The number of piperidine rings is 1. The van der Waals surface area contributed by atoms with Crippen LogP contribution in [0.25, 0.3) is 11.0 Å². The lowest BCUT2D eigenvalue weighted by atomic mass is 9.89. The molecule has 2 saturated heterocycles. The Kier molecular flexibility index (Phi) is 7.96. The van der Waals surface area contributed by atoms with Crippen LogP contribution in [0.1, 0.15) is 57.5 Å². The minimum Gasteiger partial charge on any atom is -0.334 e. The number of nitrogens with zero attached hydrogens (tertiary/aromatic N) is 6. The lowest BCUT2D eigenvalue weighted by molar-refractivity contribution is -0.137. The van der Waals surface area contributed by atoms with Crippen molar-refractivity contribution in [3.05, 3.63) is 88.8 Å². The number of H-pyrrole nitrogens is 1. The van der Waals surface area contributed by atoms with Crippen LogP contribution in [-0.4, -0.2) is 79.8 Å². The van der Waals surface area contributed by atoms with Crippen molar-refractivity contribution in [2.75, 3.05) is 39.3 Å². The lowest BCUT2D eigenvalue weighted by Crippen LogP contribution is -2.48. The van der Waals surface area contributed by atoms with Crippen molar-refractivity contribution >= 4 is 16.9 Å². The van der Waals surface area contributed by atoms with Crippen LogP contribution in [0.2, 0.25) is 0 Å². The van der Waals surface area contributed by atoms with E-state index in [0.717, 1.165) is 72.6 Å². The molecule has 0 saturated carbocycles. The number of aromatic amines is 1. The third-order valence-electron chi connectivity index (χ3n) is 8.34. The molecule has 1 amide bonds. The molecule has 2 fully saturated rings. The Bertz CT molecular complexity index is 1520. The Morgan fingerprint density at radius 1 is 0.905 bits per heavy atom. The topological polar surface area (TPSA) is 81.3 Å². The Morgan fingerprint density at radius 2 is 1.62 bits per heavy atom. The summed E-state index contributed by atoms with van der Waals surface area (Å²) in [5.74, 6) is 0.658. The van der Waals surface area contributed by atoms with Crippen LogP contribution in [0.5, 0.6) is 0 Å². The van der Waals surface area contributed by atoms with Crippen molar-refractivity contribution < 1.29 is 18.0 Å². The zero-order valence-corrected chi connectivity index (χ0v) is 23.6. The predicted octanol–water partition coefficient (Wildman–Crippen LogP) is 5.02. The summed E-state index contributed by atoms with van der Waals surface area (Å²) in [6.45, 7) is 7.65. The van der Waals surface area contributed by atoms with Crippen LogP contribution in [-0.2, 0) is 19.3 Å². The van der Waals surface area contributed by atoms with Gasteiger partial charge in [0.05, 0.1) is 28.0 Å². The average molecular weight is 578 g/mol. The van der Waals surface area contributed by atoms with Gasteiger partial charge in [-0.3, -0.25) is 24.6 Å². The first-order valence-corrected chi connectivity index (χ1v) is 14.4. The zero-order chi connectivity index (χ0) is 29.3. The highest BCUT2D eigenvalue weighted by atomic mass is 19.4. The number of likely N-dealkylation sites (tertiary alicyclic amines) is 1. The van der Waals surface area contributed by atoms with Crippen molar-refractivity contribution in [2.24, 2.45) is 0 Å². The average Bonchev–Trinajstić information content (AvgIpc) is 3.42. The predicted molar refractivity (Wildman–Crippen MR) is 153 cm³/mol. The number of alkyl halides is 3. The number of carbonyl (C=O) groups excluding carboxylic acids is 1. The van der Waals surface area contributed by atoms with Gasteiger partial charge in [0, 0.05) is 51.7 Å². The molecule has 0 unspecified atom stereocenters. The fraction of sp³-hybridized carbons (Fsp3) is 0.419. The number of aromatic nitrogens is 4. The Balaban J connectivity index is 1.02. The van der Waals surface area contributed by atoms with Crippen LogP contribution in [0, 0.1) is 6.92 Å². The molecule has 0 atom stereocenters. The number of imidazole rings is 1. The van der Waals surface area contributed by atoms with Gasteiger partial charge in [-0.1, -0.05) is 18.2 Å². The van der Waals surface area contributed by atoms with Gasteiger partial charge in [0.2, 0.25) is 0 Å². The second-order valence-corrected chi connectivity index (χ2v) is 11.3. The number of rotatable bonds is 6. The van der Waals surface area contributed by atoms with Crippen LogP contribution in [0.15, 0.2) is 54.9 Å².